The summed E-state index contributed by atoms with van der Waals surface area (Å²) in [5.74, 6) is -0.697. The van der Waals surface area contributed by atoms with Gasteiger partial charge in [-0.1, -0.05) is 26.0 Å². The zero-order chi connectivity index (χ0) is 31.8. The summed E-state index contributed by atoms with van der Waals surface area (Å²) in [6.45, 7) is 10.5. The zero-order valence-corrected chi connectivity index (χ0v) is 25.3. The number of aliphatic hydroxyl groups is 2. The summed E-state index contributed by atoms with van der Waals surface area (Å²) in [5, 5.41) is 27.4. The van der Waals surface area contributed by atoms with Gasteiger partial charge in [0, 0.05) is 23.9 Å². The third-order valence-electron chi connectivity index (χ3n) is 10.0. The lowest BCUT2D eigenvalue weighted by molar-refractivity contribution is -0.153. The highest BCUT2D eigenvalue weighted by Crippen LogP contribution is 2.62. The number of aliphatic hydroxyl groups excluding tert-OH is 2. The number of hydrogen-bond donors (Lipinski definition) is 6. The molecule has 0 spiro atoms. The van der Waals surface area contributed by atoms with E-state index in [2.05, 4.69) is 44.1 Å². The van der Waals surface area contributed by atoms with Crippen LogP contribution in [0, 0.1) is 22.7 Å². The van der Waals surface area contributed by atoms with Crippen LogP contribution >= 0.6 is 0 Å². The average Bonchev–Trinajstić information content (AvgIpc) is 3.63. The van der Waals surface area contributed by atoms with E-state index in [-0.39, 0.29) is 53.0 Å². The van der Waals surface area contributed by atoms with Gasteiger partial charge in [0.25, 0.3) is 5.56 Å². The number of nitrogens with two attached hydrogens (primary N) is 1. The highest BCUT2D eigenvalue weighted by molar-refractivity contribution is 6.04. The normalized spacial score (nSPS) is 32.1. The lowest BCUT2D eigenvalue weighted by Crippen LogP contribution is -2.58. The van der Waals surface area contributed by atoms with Crippen LogP contribution < -0.4 is 21.9 Å². The number of aromatic amines is 1. The van der Waals surface area contributed by atoms with Gasteiger partial charge in [-0.3, -0.25) is 25.2 Å². The Morgan fingerprint density at radius 1 is 1.34 bits per heavy atom. The molecule has 1 aromatic rings. The molecule has 3 heterocycles. The van der Waals surface area contributed by atoms with Crippen molar-refractivity contribution in [2.75, 3.05) is 18.9 Å². The lowest BCUT2D eigenvalue weighted by atomic mass is 9.46. The zero-order valence-electron chi connectivity index (χ0n) is 25.3. The summed E-state index contributed by atoms with van der Waals surface area (Å²) in [6, 6.07) is -1.39. The SMILES string of the molecule is C=C1CCC2[C@](C)(CC[C@@H](O)[C@@]2(C)CO)C1CC(NC(C)C(=O)NC1=NCC=N1)C1=C/C(=C\c2cnc(N)[nH]c2=O)OC1=O. The third kappa shape index (κ3) is 5.91. The molecule has 1 aromatic heterocycles. The summed E-state index contributed by atoms with van der Waals surface area (Å²) in [4.78, 5) is 53.3. The Labute approximate surface area is 255 Å². The minimum absolute atomic E-state index is 0.0172. The molecule has 1 amide bonds. The quantitative estimate of drug-likeness (QED) is 0.185. The molecule has 5 rings (SSSR count). The summed E-state index contributed by atoms with van der Waals surface area (Å²) in [6.07, 6.45) is 8.43. The molecule has 2 aliphatic heterocycles. The number of hydrogen-bond acceptors (Lipinski definition) is 11. The second kappa shape index (κ2) is 12.2. The van der Waals surface area contributed by atoms with Crippen molar-refractivity contribution < 1.29 is 24.5 Å². The second-order valence-electron chi connectivity index (χ2n) is 12.8. The van der Waals surface area contributed by atoms with E-state index >= 15 is 0 Å². The molecule has 0 radical (unpaired) electrons. The molecule has 4 aliphatic rings. The number of aliphatic imine (C=N–C) groups is 2. The van der Waals surface area contributed by atoms with Crippen LogP contribution in [0.25, 0.3) is 6.08 Å². The molecule has 0 saturated heterocycles. The molecule has 236 valence electrons. The summed E-state index contributed by atoms with van der Waals surface area (Å²) in [7, 11) is 0. The van der Waals surface area contributed by atoms with Crippen LogP contribution in [-0.4, -0.2) is 75.6 Å². The number of guanidine groups is 1. The van der Waals surface area contributed by atoms with Crippen LogP contribution in [-0.2, 0) is 14.3 Å². The fourth-order valence-corrected chi connectivity index (χ4v) is 7.52. The van der Waals surface area contributed by atoms with E-state index in [1.54, 1.807) is 19.2 Å². The Hall–Kier alpha value is -3.94. The highest BCUT2D eigenvalue weighted by atomic mass is 16.5. The molecule has 13 heteroatoms. The van der Waals surface area contributed by atoms with Gasteiger partial charge in [0.15, 0.2) is 5.95 Å². The molecular formula is C31H41N7O6. The monoisotopic (exact) mass is 607 g/mol. The summed E-state index contributed by atoms with van der Waals surface area (Å²) < 4.78 is 5.56. The van der Waals surface area contributed by atoms with Gasteiger partial charge in [-0.25, -0.2) is 19.8 Å². The van der Waals surface area contributed by atoms with Crippen molar-refractivity contribution in [1.82, 2.24) is 20.6 Å². The molecule has 2 fully saturated rings. The van der Waals surface area contributed by atoms with Crippen LogP contribution in [0.5, 0.6) is 0 Å². The van der Waals surface area contributed by atoms with Crippen LogP contribution in [0.3, 0.4) is 0 Å². The topological polar surface area (TPSA) is 204 Å². The molecule has 0 aromatic carbocycles. The smallest absolute Gasteiger partial charge is 0.341 e. The number of esters is 1. The number of ether oxygens (including phenoxy) is 1. The van der Waals surface area contributed by atoms with E-state index in [9.17, 15) is 24.6 Å². The van der Waals surface area contributed by atoms with Gasteiger partial charge in [-0.15, -0.1) is 0 Å². The number of allylic oxidation sites excluding steroid dienone is 2. The van der Waals surface area contributed by atoms with Crippen molar-refractivity contribution in [2.24, 2.45) is 32.7 Å². The maximum Gasteiger partial charge on any atom is 0.341 e. The number of nitrogen functional groups attached to an aromatic ring is 1. The number of fused-ring (bicyclic) bond motifs is 1. The van der Waals surface area contributed by atoms with E-state index < -0.39 is 35.1 Å². The first-order valence-electron chi connectivity index (χ1n) is 15.0. The molecule has 2 aliphatic carbocycles. The molecule has 44 heavy (non-hydrogen) atoms. The van der Waals surface area contributed by atoms with E-state index in [4.69, 9.17) is 10.5 Å². The number of nitrogens with one attached hydrogen (secondary N) is 3. The third-order valence-corrected chi connectivity index (χ3v) is 10.0. The maximum absolute atomic E-state index is 13.3. The van der Waals surface area contributed by atoms with E-state index in [0.717, 1.165) is 24.8 Å². The Balaban J connectivity index is 1.48. The van der Waals surface area contributed by atoms with Crippen molar-refractivity contribution in [2.45, 2.75) is 71.1 Å². The van der Waals surface area contributed by atoms with Gasteiger partial charge in [0.2, 0.25) is 11.9 Å². The number of anilines is 1. The van der Waals surface area contributed by atoms with Crippen molar-refractivity contribution in [3.63, 3.8) is 0 Å². The van der Waals surface area contributed by atoms with Crippen molar-refractivity contribution in [3.05, 3.63) is 51.7 Å². The predicted octanol–water partition coefficient (Wildman–Crippen LogP) is 1.21. The summed E-state index contributed by atoms with van der Waals surface area (Å²) >= 11 is 0. The molecular weight excluding hydrogens is 566 g/mol. The van der Waals surface area contributed by atoms with Gasteiger partial charge in [-0.2, -0.15) is 0 Å². The molecule has 7 N–H and O–H groups in total. The fraction of sp³-hybridized carbons (Fsp3) is 0.548. The van der Waals surface area contributed by atoms with Crippen LogP contribution in [0.4, 0.5) is 5.95 Å². The number of H-pyrrole nitrogens is 1. The van der Waals surface area contributed by atoms with Gasteiger partial charge in [0.05, 0.1) is 36.4 Å². The number of amides is 1. The van der Waals surface area contributed by atoms with Crippen LogP contribution in [0.1, 0.15) is 58.4 Å². The Morgan fingerprint density at radius 3 is 2.80 bits per heavy atom. The first-order valence-corrected chi connectivity index (χ1v) is 15.0. The first kappa shape index (κ1) is 31.5. The number of nitrogens with zero attached hydrogens (tertiary/aromatic N) is 3. The number of aromatic nitrogens is 2. The molecule has 4 unspecified atom stereocenters. The average molecular weight is 608 g/mol. The van der Waals surface area contributed by atoms with Crippen LogP contribution in [0.15, 0.2) is 50.5 Å². The lowest BCUT2D eigenvalue weighted by Gasteiger charge is -2.60. The highest BCUT2D eigenvalue weighted by Gasteiger charge is 2.58. The Morgan fingerprint density at radius 2 is 2.11 bits per heavy atom. The first-order chi connectivity index (χ1) is 20.9. The standard InChI is InChI=1S/C31H41N7O6/c1-16-5-6-23-30(3,8-7-24(40)31(23,4)15-39)21(16)13-22(36-17(2)25(41)38-29-33-9-10-34-29)20-12-19(44-27(20)43)11-18-14-35-28(32)37-26(18)42/h9,11-12,14,17,21-24,36,39-40H,1,5-8,10,13,15H2,2-4H3,(H,34,38,41)(H3,32,35,37,42)/b19-11+/t17?,21?,22?,23?,24-,30-,31+/m1/s1. The van der Waals surface area contributed by atoms with Crippen molar-refractivity contribution in [1.29, 1.82) is 0 Å². The molecule has 7 atom stereocenters. The number of rotatable bonds is 8. The molecule has 0 bridgehead atoms. The largest absolute Gasteiger partial charge is 0.423 e. The van der Waals surface area contributed by atoms with Crippen molar-refractivity contribution >= 4 is 36.1 Å². The van der Waals surface area contributed by atoms with Gasteiger partial charge in [0.1, 0.15) is 5.76 Å². The van der Waals surface area contributed by atoms with E-state index in [0.29, 0.717) is 25.0 Å². The second-order valence-corrected chi connectivity index (χ2v) is 12.8. The predicted molar refractivity (Wildman–Crippen MR) is 165 cm³/mol. The minimum atomic E-state index is -0.749. The van der Waals surface area contributed by atoms with E-state index in [1.807, 2.05) is 6.92 Å². The van der Waals surface area contributed by atoms with Crippen molar-refractivity contribution in [3.8, 4) is 0 Å². The Bertz CT molecular complexity index is 1530. The van der Waals surface area contributed by atoms with Gasteiger partial charge >= 0.3 is 5.97 Å². The Kier molecular flexibility index (Phi) is 8.74. The van der Waals surface area contributed by atoms with Crippen LogP contribution in [0.2, 0.25) is 0 Å². The number of carbonyl (C=O) groups excluding carboxylic acids is 2. The molecule has 2 saturated carbocycles. The number of cyclic esters (lactones) is 1. The number of carbonyl (C=O) groups is 2. The maximum atomic E-state index is 13.3. The van der Waals surface area contributed by atoms with Gasteiger partial charge in [-0.05, 0) is 68.4 Å². The van der Waals surface area contributed by atoms with Gasteiger partial charge < -0.3 is 20.7 Å². The molecule has 13 nitrogen and oxygen atoms in total. The van der Waals surface area contributed by atoms with E-state index in [1.165, 1.54) is 12.3 Å². The fourth-order valence-electron chi connectivity index (χ4n) is 7.52. The minimum Gasteiger partial charge on any atom is -0.423 e. The summed E-state index contributed by atoms with van der Waals surface area (Å²) in [5.41, 5.74) is 5.56.